The lowest BCUT2D eigenvalue weighted by molar-refractivity contribution is 0.0927. The predicted molar refractivity (Wildman–Crippen MR) is 94.4 cm³/mol. The standard InChI is InChI=1S/C17H21N3O3S/c1-22-14-5-3-4-13(15(14)23-2)16(21)19-12-6-9-20(10-7-12)17-18-8-11-24-17/h3-5,8,11-12H,6-7,9-10H2,1-2H3,(H,19,21). The molecule has 0 atom stereocenters. The van der Waals surface area contributed by atoms with Crippen LogP contribution >= 0.6 is 11.3 Å². The van der Waals surface area contributed by atoms with Crippen LogP contribution in [0.3, 0.4) is 0 Å². The van der Waals surface area contributed by atoms with Crippen LogP contribution in [0, 0.1) is 0 Å². The van der Waals surface area contributed by atoms with Crippen molar-refractivity contribution in [2.45, 2.75) is 18.9 Å². The van der Waals surface area contributed by atoms with Crippen molar-refractivity contribution >= 4 is 22.4 Å². The van der Waals surface area contributed by atoms with Crippen LogP contribution in [0.1, 0.15) is 23.2 Å². The fourth-order valence-electron chi connectivity index (χ4n) is 2.92. The number of benzene rings is 1. The Balaban J connectivity index is 1.62. The lowest BCUT2D eigenvalue weighted by atomic mass is 10.0. The number of hydrogen-bond acceptors (Lipinski definition) is 6. The number of ether oxygens (including phenoxy) is 2. The van der Waals surface area contributed by atoms with E-state index in [-0.39, 0.29) is 11.9 Å². The van der Waals surface area contributed by atoms with Crippen molar-refractivity contribution < 1.29 is 14.3 Å². The molecule has 2 heterocycles. The van der Waals surface area contributed by atoms with Gasteiger partial charge in [-0.25, -0.2) is 4.98 Å². The van der Waals surface area contributed by atoms with Gasteiger partial charge < -0.3 is 19.7 Å². The monoisotopic (exact) mass is 347 g/mol. The van der Waals surface area contributed by atoms with Gasteiger partial charge >= 0.3 is 0 Å². The molecule has 1 aromatic carbocycles. The van der Waals surface area contributed by atoms with Gasteiger partial charge in [0.05, 0.1) is 19.8 Å². The number of carbonyl (C=O) groups excluding carboxylic acids is 1. The summed E-state index contributed by atoms with van der Waals surface area (Å²) in [5.41, 5.74) is 0.499. The van der Waals surface area contributed by atoms with E-state index in [4.69, 9.17) is 9.47 Å². The molecule has 2 aromatic rings. The molecule has 3 rings (SSSR count). The maximum Gasteiger partial charge on any atom is 0.255 e. The average molecular weight is 347 g/mol. The number of rotatable bonds is 5. The minimum Gasteiger partial charge on any atom is -0.493 e. The zero-order valence-electron chi connectivity index (χ0n) is 13.8. The van der Waals surface area contributed by atoms with Gasteiger partial charge in [0.2, 0.25) is 0 Å². The fourth-order valence-corrected chi connectivity index (χ4v) is 3.61. The van der Waals surface area contributed by atoms with E-state index in [2.05, 4.69) is 15.2 Å². The molecule has 0 spiro atoms. The summed E-state index contributed by atoms with van der Waals surface area (Å²) in [6, 6.07) is 5.48. The zero-order chi connectivity index (χ0) is 16.9. The van der Waals surface area contributed by atoms with Crippen LogP contribution in [0.2, 0.25) is 0 Å². The number of nitrogens with one attached hydrogen (secondary N) is 1. The molecule has 1 aliphatic rings. The van der Waals surface area contributed by atoms with E-state index in [0.29, 0.717) is 17.1 Å². The number of carbonyl (C=O) groups is 1. The van der Waals surface area contributed by atoms with Crippen molar-refractivity contribution in [1.82, 2.24) is 10.3 Å². The Bertz CT molecular complexity index is 682. The number of hydrogen-bond donors (Lipinski definition) is 1. The number of amides is 1. The van der Waals surface area contributed by atoms with Gasteiger partial charge in [0.15, 0.2) is 16.6 Å². The fraction of sp³-hybridized carbons (Fsp3) is 0.412. The van der Waals surface area contributed by atoms with Gasteiger partial charge in [-0.05, 0) is 25.0 Å². The third-order valence-corrected chi connectivity index (χ3v) is 5.00. The molecule has 1 fully saturated rings. The van der Waals surface area contributed by atoms with Crippen LogP contribution in [0.4, 0.5) is 5.13 Å². The lowest BCUT2D eigenvalue weighted by Crippen LogP contribution is -2.44. The van der Waals surface area contributed by atoms with E-state index >= 15 is 0 Å². The number of anilines is 1. The van der Waals surface area contributed by atoms with Crippen LogP contribution in [0.15, 0.2) is 29.8 Å². The van der Waals surface area contributed by atoms with E-state index in [1.54, 1.807) is 43.8 Å². The van der Waals surface area contributed by atoms with Crippen molar-refractivity contribution in [3.05, 3.63) is 35.3 Å². The van der Waals surface area contributed by atoms with Crippen LogP contribution in [0.25, 0.3) is 0 Å². The Hall–Kier alpha value is -2.28. The zero-order valence-corrected chi connectivity index (χ0v) is 14.6. The number of piperidine rings is 1. The predicted octanol–water partition coefficient (Wildman–Crippen LogP) is 2.56. The summed E-state index contributed by atoms with van der Waals surface area (Å²) in [5.74, 6) is 0.903. The van der Waals surface area contributed by atoms with Crippen LogP contribution < -0.4 is 19.7 Å². The lowest BCUT2D eigenvalue weighted by Gasteiger charge is -2.32. The van der Waals surface area contributed by atoms with E-state index in [1.165, 1.54) is 0 Å². The van der Waals surface area contributed by atoms with Gasteiger partial charge in [0, 0.05) is 30.7 Å². The minimum atomic E-state index is -0.126. The molecule has 1 aliphatic heterocycles. The molecule has 6 nitrogen and oxygen atoms in total. The molecular formula is C17H21N3O3S. The first-order valence-electron chi connectivity index (χ1n) is 7.89. The first-order chi connectivity index (χ1) is 11.7. The normalized spacial score (nSPS) is 15.2. The molecule has 24 heavy (non-hydrogen) atoms. The van der Waals surface area contributed by atoms with Gasteiger partial charge in [-0.1, -0.05) is 6.07 Å². The Morgan fingerprint density at radius 3 is 2.71 bits per heavy atom. The number of nitrogens with zero attached hydrogens (tertiary/aromatic N) is 2. The molecule has 1 amide bonds. The van der Waals surface area contributed by atoms with Crippen LogP contribution in [-0.2, 0) is 0 Å². The van der Waals surface area contributed by atoms with E-state index in [0.717, 1.165) is 31.1 Å². The summed E-state index contributed by atoms with van der Waals surface area (Å²) in [6.45, 7) is 1.79. The Labute approximate surface area is 145 Å². The quantitative estimate of drug-likeness (QED) is 0.901. The van der Waals surface area contributed by atoms with E-state index in [1.807, 2.05) is 11.6 Å². The van der Waals surface area contributed by atoms with Gasteiger partial charge in [-0.3, -0.25) is 4.79 Å². The first kappa shape index (κ1) is 16.6. The summed E-state index contributed by atoms with van der Waals surface area (Å²) >= 11 is 1.65. The molecule has 1 aromatic heterocycles. The topological polar surface area (TPSA) is 63.7 Å². The van der Waals surface area contributed by atoms with Gasteiger partial charge in [0.25, 0.3) is 5.91 Å². The van der Waals surface area contributed by atoms with Gasteiger partial charge in [0.1, 0.15) is 0 Å². The number of methoxy groups -OCH3 is 2. The smallest absolute Gasteiger partial charge is 0.255 e. The van der Waals surface area contributed by atoms with Gasteiger partial charge in [-0.15, -0.1) is 11.3 Å². The van der Waals surface area contributed by atoms with Crippen LogP contribution in [0.5, 0.6) is 11.5 Å². The van der Waals surface area contributed by atoms with Crippen molar-refractivity contribution in [2.75, 3.05) is 32.2 Å². The molecule has 7 heteroatoms. The maximum absolute atomic E-state index is 12.6. The second kappa shape index (κ2) is 7.53. The number of aromatic nitrogens is 1. The summed E-state index contributed by atoms with van der Waals surface area (Å²) < 4.78 is 10.6. The minimum absolute atomic E-state index is 0.126. The highest BCUT2D eigenvalue weighted by molar-refractivity contribution is 7.13. The van der Waals surface area contributed by atoms with Gasteiger partial charge in [-0.2, -0.15) is 0 Å². The van der Waals surface area contributed by atoms with E-state index in [9.17, 15) is 4.79 Å². The first-order valence-corrected chi connectivity index (χ1v) is 8.77. The molecule has 1 saturated heterocycles. The maximum atomic E-state index is 12.6. The molecular weight excluding hydrogens is 326 g/mol. The highest BCUT2D eigenvalue weighted by Crippen LogP contribution is 2.31. The third kappa shape index (κ3) is 3.46. The molecule has 0 unspecified atom stereocenters. The highest BCUT2D eigenvalue weighted by Gasteiger charge is 2.24. The van der Waals surface area contributed by atoms with Crippen molar-refractivity contribution in [3.63, 3.8) is 0 Å². The van der Waals surface area contributed by atoms with Crippen LogP contribution in [-0.4, -0.2) is 44.2 Å². The van der Waals surface area contributed by atoms with E-state index < -0.39 is 0 Å². The average Bonchev–Trinajstić information content (AvgIpc) is 3.16. The molecule has 1 N–H and O–H groups in total. The number of para-hydroxylation sites is 1. The molecule has 0 bridgehead atoms. The third-order valence-electron chi connectivity index (χ3n) is 4.17. The molecule has 0 aliphatic carbocycles. The highest BCUT2D eigenvalue weighted by atomic mass is 32.1. The summed E-state index contributed by atoms with van der Waals surface area (Å²) in [5, 5.41) is 6.14. The molecule has 0 saturated carbocycles. The van der Waals surface area contributed by atoms with Crippen molar-refractivity contribution in [3.8, 4) is 11.5 Å². The summed E-state index contributed by atoms with van der Waals surface area (Å²) in [6.07, 6.45) is 3.62. The number of thiazole rings is 1. The summed E-state index contributed by atoms with van der Waals surface area (Å²) in [4.78, 5) is 19.2. The van der Waals surface area contributed by atoms with Crippen molar-refractivity contribution in [2.24, 2.45) is 0 Å². The molecule has 128 valence electrons. The second-order valence-electron chi connectivity index (χ2n) is 5.59. The van der Waals surface area contributed by atoms with Crippen molar-refractivity contribution in [1.29, 1.82) is 0 Å². The second-order valence-corrected chi connectivity index (χ2v) is 6.46. The Morgan fingerprint density at radius 2 is 2.08 bits per heavy atom. The Morgan fingerprint density at radius 1 is 1.29 bits per heavy atom. The summed E-state index contributed by atoms with van der Waals surface area (Å²) in [7, 11) is 3.11. The molecule has 0 radical (unpaired) electrons. The Kier molecular flexibility index (Phi) is 5.20. The SMILES string of the molecule is COc1cccc(C(=O)NC2CCN(c3nccs3)CC2)c1OC. The largest absolute Gasteiger partial charge is 0.493 e.